The zero-order chi connectivity index (χ0) is 18.7. The van der Waals surface area contributed by atoms with Crippen molar-refractivity contribution >= 4 is 16.0 Å². The molecule has 2 aromatic rings. The molecule has 0 bridgehead atoms. The van der Waals surface area contributed by atoms with Crippen LogP contribution in [0.25, 0.3) is 0 Å². The number of aryl methyl sites for hydroxylation is 2. The molecule has 0 spiro atoms. The lowest BCUT2D eigenvalue weighted by Gasteiger charge is -2.25. The molecular formula is C18H22N2O5S. The highest BCUT2D eigenvalue weighted by atomic mass is 32.2. The van der Waals surface area contributed by atoms with Crippen molar-refractivity contribution in [3.8, 4) is 5.75 Å². The second-order valence-corrected chi connectivity index (χ2v) is 8.01. The van der Waals surface area contributed by atoms with Crippen molar-refractivity contribution in [1.29, 1.82) is 0 Å². The number of ether oxygens (including phenoxy) is 2. The molecule has 2 heterocycles. The van der Waals surface area contributed by atoms with Gasteiger partial charge < -0.3 is 14.0 Å². The minimum Gasteiger partial charge on any atom is -0.422 e. The molecule has 1 saturated heterocycles. The topological polar surface area (TPSA) is 77.8 Å². The monoisotopic (exact) mass is 378 g/mol. The molecule has 1 aromatic heterocycles. The van der Waals surface area contributed by atoms with Crippen LogP contribution in [-0.2, 0) is 28.2 Å². The smallest absolute Gasteiger partial charge is 0.360 e. The van der Waals surface area contributed by atoms with Crippen molar-refractivity contribution in [3.05, 3.63) is 47.8 Å². The number of benzene rings is 1. The van der Waals surface area contributed by atoms with E-state index in [9.17, 15) is 13.2 Å². The van der Waals surface area contributed by atoms with E-state index in [4.69, 9.17) is 9.47 Å². The fraction of sp³-hybridized carbons (Fsp3) is 0.389. The molecule has 0 saturated carbocycles. The zero-order valence-corrected chi connectivity index (χ0v) is 15.7. The summed E-state index contributed by atoms with van der Waals surface area (Å²) in [6.45, 7) is 3.40. The number of rotatable bonds is 5. The number of morpholine rings is 1. The Bertz CT molecular complexity index is 881. The summed E-state index contributed by atoms with van der Waals surface area (Å²) in [5.74, 6) is -0.175. The Hall–Kier alpha value is -2.16. The zero-order valence-electron chi connectivity index (χ0n) is 14.8. The molecule has 3 rings (SSSR count). The molecule has 7 nitrogen and oxygen atoms in total. The third kappa shape index (κ3) is 3.82. The number of aromatic nitrogens is 1. The number of carbonyl (C=O) groups is 1. The maximum Gasteiger partial charge on any atom is 0.360 e. The molecule has 1 aliphatic rings. The number of nitrogens with zero attached hydrogens (tertiary/aromatic N) is 2. The van der Waals surface area contributed by atoms with Crippen LogP contribution in [0.4, 0.5) is 0 Å². The van der Waals surface area contributed by atoms with Crippen LogP contribution in [0.3, 0.4) is 0 Å². The van der Waals surface area contributed by atoms with Gasteiger partial charge in [0.1, 0.15) is 16.3 Å². The lowest BCUT2D eigenvalue weighted by Crippen LogP contribution is -2.40. The van der Waals surface area contributed by atoms with Gasteiger partial charge >= 0.3 is 5.97 Å². The lowest BCUT2D eigenvalue weighted by atomic mass is 10.2. The number of hydrogen-bond donors (Lipinski definition) is 0. The van der Waals surface area contributed by atoms with Crippen LogP contribution in [-0.4, -0.2) is 49.6 Å². The van der Waals surface area contributed by atoms with E-state index >= 15 is 0 Å². The summed E-state index contributed by atoms with van der Waals surface area (Å²) in [6.07, 6.45) is 2.33. The first kappa shape index (κ1) is 18.6. The first-order chi connectivity index (χ1) is 12.4. The van der Waals surface area contributed by atoms with Gasteiger partial charge in [0.25, 0.3) is 0 Å². The minimum absolute atomic E-state index is 0.0789. The molecule has 1 aliphatic heterocycles. The summed E-state index contributed by atoms with van der Waals surface area (Å²) >= 11 is 0. The molecule has 1 aromatic carbocycles. The van der Waals surface area contributed by atoms with Crippen LogP contribution in [0.15, 0.2) is 41.4 Å². The summed E-state index contributed by atoms with van der Waals surface area (Å²) in [5.41, 5.74) is 1.32. The van der Waals surface area contributed by atoms with Gasteiger partial charge in [0.05, 0.1) is 13.2 Å². The van der Waals surface area contributed by atoms with Crippen LogP contribution in [0.2, 0.25) is 0 Å². The first-order valence-corrected chi connectivity index (χ1v) is 9.91. The average molecular weight is 378 g/mol. The van der Waals surface area contributed by atoms with Gasteiger partial charge in [-0.1, -0.05) is 19.1 Å². The Morgan fingerprint density at radius 3 is 2.46 bits per heavy atom. The van der Waals surface area contributed by atoms with E-state index in [-0.39, 0.29) is 10.6 Å². The van der Waals surface area contributed by atoms with E-state index < -0.39 is 16.0 Å². The lowest BCUT2D eigenvalue weighted by molar-refractivity contribution is 0.0723. The summed E-state index contributed by atoms with van der Waals surface area (Å²) in [6, 6.07) is 8.59. The van der Waals surface area contributed by atoms with Crippen LogP contribution in [0, 0.1) is 0 Å². The number of hydrogen-bond acceptors (Lipinski definition) is 5. The normalized spacial score (nSPS) is 15.8. The van der Waals surface area contributed by atoms with Gasteiger partial charge in [-0.2, -0.15) is 4.31 Å². The van der Waals surface area contributed by atoms with Gasteiger partial charge in [0.2, 0.25) is 10.0 Å². The first-order valence-electron chi connectivity index (χ1n) is 8.47. The third-order valence-electron chi connectivity index (χ3n) is 4.34. The number of esters is 1. The molecule has 140 valence electrons. The van der Waals surface area contributed by atoms with E-state index in [1.54, 1.807) is 19.2 Å². The highest BCUT2D eigenvalue weighted by molar-refractivity contribution is 7.89. The maximum atomic E-state index is 12.7. The number of carbonyl (C=O) groups excluding carboxylic acids is 1. The van der Waals surface area contributed by atoms with E-state index in [1.807, 2.05) is 19.1 Å². The van der Waals surface area contributed by atoms with E-state index in [0.717, 1.165) is 12.0 Å². The van der Waals surface area contributed by atoms with Crippen molar-refractivity contribution in [2.75, 3.05) is 26.3 Å². The van der Waals surface area contributed by atoms with Crippen LogP contribution < -0.4 is 4.74 Å². The Labute approximate surface area is 153 Å². The summed E-state index contributed by atoms with van der Waals surface area (Å²) < 4.78 is 38.8. The number of sulfonamides is 1. The quantitative estimate of drug-likeness (QED) is 0.586. The highest BCUT2D eigenvalue weighted by Crippen LogP contribution is 2.21. The Morgan fingerprint density at radius 2 is 1.85 bits per heavy atom. The Morgan fingerprint density at radius 1 is 1.19 bits per heavy atom. The van der Waals surface area contributed by atoms with Crippen molar-refractivity contribution in [3.63, 3.8) is 0 Å². The average Bonchev–Trinajstić information content (AvgIpc) is 3.06. The van der Waals surface area contributed by atoms with E-state index in [2.05, 4.69) is 0 Å². The molecule has 0 aliphatic carbocycles. The molecule has 0 N–H and O–H groups in total. The summed E-state index contributed by atoms with van der Waals surface area (Å²) in [7, 11) is -2.03. The second-order valence-electron chi connectivity index (χ2n) is 6.08. The highest BCUT2D eigenvalue weighted by Gasteiger charge is 2.29. The summed E-state index contributed by atoms with van der Waals surface area (Å²) in [4.78, 5) is 12.5. The van der Waals surface area contributed by atoms with Crippen LogP contribution >= 0.6 is 0 Å². The maximum absolute atomic E-state index is 12.7. The van der Waals surface area contributed by atoms with Crippen LogP contribution in [0.5, 0.6) is 5.75 Å². The second kappa shape index (κ2) is 7.61. The van der Waals surface area contributed by atoms with Gasteiger partial charge in [0, 0.05) is 26.3 Å². The van der Waals surface area contributed by atoms with Crippen molar-refractivity contribution in [1.82, 2.24) is 8.87 Å². The molecule has 0 unspecified atom stereocenters. The van der Waals surface area contributed by atoms with E-state index in [0.29, 0.717) is 32.1 Å². The van der Waals surface area contributed by atoms with Gasteiger partial charge in [0.15, 0.2) is 0 Å². The largest absolute Gasteiger partial charge is 0.422 e. The van der Waals surface area contributed by atoms with Crippen LogP contribution in [0.1, 0.15) is 23.0 Å². The van der Waals surface area contributed by atoms with Gasteiger partial charge in [-0.3, -0.25) is 0 Å². The predicted octanol–water partition coefficient (Wildman–Crippen LogP) is 1.83. The SMILES string of the molecule is CCc1ccc(OC(=O)c2cc(S(=O)(=O)N3CCOCC3)cn2C)cc1. The third-order valence-corrected chi connectivity index (χ3v) is 6.20. The summed E-state index contributed by atoms with van der Waals surface area (Å²) in [5, 5.41) is 0. The van der Waals surface area contributed by atoms with Crippen molar-refractivity contribution < 1.29 is 22.7 Å². The Balaban J connectivity index is 1.79. The molecule has 8 heteroatoms. The molecule has 1 fully saturated rings. The molecule has 0 radical (unpaired) electrons. The predicted molar refractivity (Wildman–Crippen MR) is 95.8 cm³/mol. The van der Waals surface area contributed by atoms with Crippen molar-refractivity contribution in [2.45, 2.75) is 18.2 Å². The molecule has 0 atom stereocenters. The minimum atomic E-state index is -3.65. The molecule has 0 amide bonds. The fourth-order valence-electron chi connectivity index (χ4n) is 2.77. The standard InChI is InChI=1S/C18H22N2O5S/c1-3-14-4-6-15(7-5-14)25-18(21)17-12-16(13-19(17)2)26(22,23)20-8-10-24-11-9-20/h4-7,12-13H,3,8-11H2,1-2H3. The van der Waals surface area contributed by atoms with Gasteiger partial charge in [-0.05, 0) is 30.2 Å². The van der Waals surface area contributed by atoms with Gasteiger partial charge in [-0.25, -0.2) is 13.2 Å². The van der Waals surface area contributed by atoms with Crippen molar-refractivity contribution in [2.24, 2.45) is 7.05 Å². The van der Waals surface area contributed by atoms with Gasteiger partial charge in [-0.15, -0.1) is 0 Å². The van der Waals surface area contributed by atoms with E-state index in [1.165, 1.54) is 21.1 Å². The molecule has 26 heavy (non-hydrogen) atoms. The Kier molecular flexibility index (Phi) is 5.45. The molecular weight excluding hydrogens is 356 g/mol. The fourth-order valence-corrected chi connectivity index (χ4v) is 4.25.